The SMILES string of the molecule is O=C1CCCCCCC/C(C2CCCCC/C=C\CCOC(=O)C2)=C\CCN1. The topological polar surface area (TPSA) is 55.4 Å². The Balaban J connectivity index is 2.00. The van der Waals surface area contributed by atoms with Gasteiger partial charge in [0.1, 0.15) is 0 Å². The Hall–Kier alpha value is -1.58. The van der Waals surface area contributed by atoms with Gasteiger partial charge in [0.2, 0.25) is 5.91 Å². The molecule has 2 heterocycles. The molecule has 1 atom stereocenters. The molecule has 2 rings (SSSR count). The first-order valence-corrected chi connectivity index (χ1v) is 11.5. The molecule has 1 N–H and O–H groups in total. The minimum Gasteiger partial charge on any atom is -0.465 e. The van der Waals surface area contributed by atoms with Crippen molar-refractivity contribution in [3.05, 3.63) is 23.8 Å². The zero-order valence-electron chi connectivity index (χ0n) is 17.6. The van der Waals surface area contributed by atoms with Crippen LogP contribution in [0.1, 0.15) is 96.3 Å². The lowest BCUT2D eigenvalue weighted by Gasteiger charge is -2.21. The number of allylic oxidation sites excluding steroid dienone is 2. The van der Waals surface area contributed by atoms with Gasteiger partial charge in [-0.05, 0) is 57.3 Å². The molecule has 158 valence electrons. The van der Waals surface area contributed by atoms with E-state index in [0.29, 0.717) is 31.9 Å². The number of cyclic esters (lactones) is 1. The van der Waals surface area contributed by atoms with Crippen molar-refractivity contribution in [3.63, 3.8) is 0 Å². The molecule has 1 unspecified atom stereocenters. The van der Waals surface area contributed by atoms with E-state index in [4.69, 9.17) is 4.74 Å². The van der Waals surface area contributed by atoms with Crippen LogP contribution in [0, 0.1) is 5.92 Å². The molecular weight excluding hydrogens is 350 g/mol. The third-order valence-electron chi connectivity index (χ3n) is 5.82. The number of carbonyl (C=O) groups is 2. The maximum absolute atomic E-state index is 12.4. The highest BCUT2D eigenvalue weighted by Crippen LogP contribution is 2.28. The van der Waals surface area contributed by atoms with Gasteiger partial charge in [0.15, 0.2) is 0 Å². The second-order valence-electron chi connectivity index (χ2n) is 8.21. The van der Waals surface area contributed by atoms with E-state index in [1.807, 2.05) is 0 Å². The lowest BCUT2D eigenvalue weighted by atomic mass is 9.86. The van der Waals surface area contributed by atoms with Gasteiger partial charge in [0.25, 0.3) is 0 Å². The van der Waals surface area contributed by atoms with Crippen molar-refractivity contribution in [1.82, 2.24) is 5.32 Å². The lowest BCUT2D eigenvalue weighted by molar-refractivity contribution is -0.144. The summed E-state index contributed by atoms with van der Waals surface area (Å²) in [5.74, 6) is 0.408. The van der Waals surface area contributed by atoms with Crippen LogP contribution in [-0.2, 0) is 14.3 Å². The van der Waals surface area contributed by atoms with Crippen LogP contribution in [0.2, 0.25) is 0 Å². The van der Waals surface area contributed by atoms with Gasteiger partial charge < -0.3 is 10.1 Å². The van der Waals surface area contributed by atoms with Gasteiger partial charge in [-0.2, -0.15) is 0 Å². The molecule has 0 aromatic rings. The lowest BCUT2D eigenvalue weighted by Crippen LogP contribution is -2.23. The smallest absolute Gasteiger partial charge is 0.306 e. The van der Waals surface area contributed by atoms with Crippen LogP contribution < -0.4 is 5.32 Å². The van der Waals surface area contributed by atoms with Crippen LogP contribution in [0.5, 0.6) is 0 Å². The van der Waals surface area contributed by atoms with Crippen LogP contribution in [-0.4, -0.2) is 25.0 Å². The first-order valence-electron chi connectivity index (χ1n) is 11.5. The molecule has 4 nitrogen and oxygen atoms in total. The molecule has 0 fully saturated rings. The number of esters is 1. The summed E-state index contributed by atoms with van der Waals surface area (Å²) in [6, 6.07) is 0. The van der Waals surface area contributed by atoms with Crippen LogP contribution in [0.25, 0.3) is 0 Å². The quantitative estimate of drug-likeness (QED) is 0.467. The molecule has 2 aliphatic rings. The highest BCUT2D eigenvalue weighted by Gasteiger charge is 2.19. The summed E-state index contributed by atoms with van der Waals surface area (Å²) in [5, 5.41) is 3.03. The van der Waals surface area contributed by atoms with Gasteiger partial charge in [-0.3, -0.25) is 9.59 Å². The van der Waals surface area contributed by atoms with Crippen molar-refractivity contribution in [2.24, 2.45) is 5.92 Å². The van der Waals surface area contributed by atoms with E-state index >= 15 is 0 Å². The Morgan fingerprint density at radius 2 is 1.57 bits per heavy atom. The third kappa shape index (κ3) is 10.1. The molecule has 2 aliphatic heterocycles. The standard InChI is InChI=1S/C24H39NO3/c26-23-17-11-7-4-6-9-14-21(16-13-18-25-23)22-15-10-5-2-1-3-8-12-19-28-24(27)20-22/h3,8,16,22H,1-2,4-7,9-15,17-20H2,(H,25,26)/b8-3-,21-16+. The van der Waals surface area contributed by atoms with E-state index in [1.165, 1.54) is 44.1 Å². The summed E-state index contributed by atoms with van der Waals surface area (Å²) < 4.78 is 5.47. The number of carbonyl (C=O) groups excluding carboxylic acids is 2. The average Bonchev–Trinajstić information content (AvgIpc) is 2.71. The van der Waals surface area contributed by atoms with Crippen molar-refractivity contribution >= 4 is 11.9 Å². The van der Waals surface area contributed by atoms with Gasteiger partial charge in [-0.15, -0.1) is 0 Å². The molecule has 0 aliphatic carbocycles. The molecule has 28 heavy (non-hydrogen) atoms. The largest absolute Gasteiger partial charge is 0.465 e. The van der Waals surface area contributed by atoms with Crippen LogP contribution >= 0.6 is 0 Å². The fourth-order valence-corrected chi connectivity index (χ4v) is 4.16. The Morgan fingerprint density at radius 3 is 2.46 bits per heavy atom. The van der Waals surface area contributed by atoms with Gasteiger partial charge >= 0.3 is 5.97 Å². The molecule has 4 heteroatoms. The van der Waals surface area contributed by atoms with Crippen molar-refractivity contribution < 1.29 is 14.3 Å². The summed E-state index contributed by atoms with van der Waals surface area (Å²) in [4.78, 5) is 24.2. The Labute approximate surface area is 171 Å². The summed E-state index contributed by atoms with van der Waals surface area (Å²) in [7, 11) is 0. The zero-order valence-corrected chi connectivity index (χ0v) is 17.6. The highest BCUT2D eigenvalue weighted by molar-refractivity contribution is 5.75. The number of hydrogen-bond acceptors (Lipinski definition) is 3. The molecule has 0 saturated carbocycles. The minimum atomic E-state index is -0.0604. The zero-order chi connectivity index (χ0) is 19.9. The molecule has 0 aromatic heterocycles. The minimum absolute atomic E-state index is 0.0604. The Bertz CT molecular complexity index is 524. The molecule has 0 aromatic carbocycles. The molecule has 1 amide bonds. The van der Waals surface area contributed by atoms with Crippen molar-refractivity contribution in [2.45, 2.75) is 96.3 Å². The van der Waals surface area contributed by atoms with Crippen molar-refractivity contribution in [2.75, 3.05) is 13.2 Å². The van der Waals surface area contributed by atoms with Crippen molar-refractivity contribution in [1.29, 1.82) is 0 Å². The number of amides is 1. The predicted octanol–water partition coefficient (Wildman–Crippen LogP) is 5.62. The number of hydrogen-bond donors (Lipinski definition) is 1. The fraction of sp³-hybridized carbons (Fsp3) is 0.750. The van der Waals surface area contributed by atoms with E-state index in [1.54, 1.807) is 0 Å². The second kappa shape index (κ2) is 14.4. The maximum atomic E-state index is 12.4. The van der Waals surface area contributed by atoms with E-state index in [-0.39, 0.29) is 11.9 Å². The predicted molar refractivity (Wildman–Crippen MR) is 114 cm³/mol. The third-order valence-corrected chi connectivity index (χ3v) is 5.82. The molecular formula is C24H39NO3. The first-order chi connectivity index (χ1) is 13.8. The normalized spacial score (nSPS) is 28.3. The Kier molecular flexibility index (Phi) is 11.7. The highest BCUT2D eigenvalue weighted by atomic mass is 16.5. The second-order valence-corrected chi connectivity index (χ2v) is 8.21. The van der Waals surface area contributed by atoms with Gasteiger partial charge in [0.05, 0.1) is 13.0 Å². The van der Waals surface area contributed by atoms with Gasteiger partial charge in [-0.25, -0.2) is 0 Å². The summed E-state index contributed by atoms with van der Waals surface area (Å²) in [6.45, 7) is 1.19. The number of nitrogens with one attached hydrogen (secondary N) is 1. The summed E-state index contributed by atoms with van der Waals surface area (Å²) in [6.07, 6.45) is 22.1. The van der Waals surface area contributed by atoms with Gasteiger partial charge in [0, 0.05) is 13.0 Å². The average molecular weight is 390 g/mol. The number of ether oxygens (including phenoxy) is 1. The van der Waals surface area contributed by atoms with Crippen LogP contribution in [0.4, 0.5) is 0 Å². The number of rotatable bonds is 1. The maximum Gasteiger partial charge on any atom is 0.306 e. The van der Waals surface area contributed by atoms with E-state index in [0.717, 1.165) is 44.9 Å². The van der Waals surface area contributed by atoms with Crippen LogP contribution in [0.3, 0.4) is 0 Å². The van der Waals surface area contributed by atoms with E-state index in [9.17, 15) is 9.59 Å². The van der Waals surface area contributed by atoms with E-state index in [2.05, 4.69) is 23.5 Å². The van der Waals surface area contributed by atoms with Crippen molar-refractivity contribution in [3.8, 4) is 0 Å². The molecule has 0 bridgehead atoms. The Morgan fingerprint density at radius 1 is 0.821 bits per heavy atom. The van der Waals surface area contributed by atoms with Gasteiger partial charge in [-0.1, -0.05) is 55.9 Å². The monoisotopic (exact) mass is 389 g/mol. The summed E-state index contributed by atoms with van der Waals surface area (Å²) >= 11 is 0. The summed E-state index contributed by atoms with van der Waals surface area (Å²) in [5.41, 5.74) is 1.42. The first kappa shape index (κ1) is 22.7. The molecule has 0 radical (unpaired) electrons. The molecule has 0 spiro atoms. The van der Waals surface area contributed by atoms with Crippen LogP contribution in [0.15, 0.2) is 23.8 Å². The molecule has 0 saturated heterocycles. The fourth-order valence-electron chi connectivity index (χ4n) is 4.16. The van der Waals surface area contributed by atoms with E-state index < -0.39 is 0 Å².